The molecule has 1 N–H and O–H groups in total. The number of nitro groups is 1. The Hall–Kier alpha value is -3.96. The number of carbonyl (C=O) groups is 2. The highest BCUT2D eigenvalue weighted by Crippen LogP contribution is 2.40. The third-order valence-electron chi connectivity index (χ3n) is 5.28. The van der Waals surface area contributed by atoms with Crippen LogP contribution in [-0.2, 0) is 20.9 Å². The maximum atomic E-state index is 14.8. The summed E-state index contributed by atoms with van der Waals surface area (Å²) in [5.74, 6) is -2.87. The third-order valence-corrected chi connectivity index (χ3v) is 5.28. The van der Waals surface area contributed by atoms with Crippen LogP contribution in [0.2, 0.25) is 0 Å². The second kappa shape index (κ2) is 10.3. The van der Waals surface area contributed by atoms with E-state index in [4.69, 9.17) is 9.47 Å². The maximum Gasteiger partial charge on any atom is 0.343 e. The number of benzene rings is 2. The molecule has 0 bridgehead atoms. The topological polar surface area (TPSA) is 120 Å². The monoisotopic (exact) mass is 479 g/mol. The Morgan fingerprint density at radius 2 is 2.03 bits per heavy atom. The van der Waals surface area contributed by atoms with Crippen molar-refractivity contribution < 1.29 is 37.5 Å². The number of amides is 1. The molecule has 0 saturated carbocycles. The van der Waals surface area contributed by atoms with Crippen molar-refractivity contribution in [3.8, 4) is 11.5 Å². The number of aryl methyl sites for hydroxylation is 1. The van der Waals surface area contributed by atoms with Crippen LogP contribution in [0.15, 0.2) is 24.3 Å². The van der Waals surface area contributed by atoms with Crippen molar-refractivity contribution in [3.05, 3.63) is 57.1 Å². The lowest BCUT2D eigenvalue weighted by molar-refractivity contribution is -0.385. The Morgan fingerprint density at radius 3 is 2.68 bits per heavy atom. The van der Waals surface area contributed by atoms with Crippen molar-refractivity contribution in [2.24, 2.45) is 0 Å². The van der Waals surface area contributed by atoms with Crippen LogP contribution < -0.4 is 19.7 Å². The number of fused-ring (bicyclic) bond motifs is 1. The van der Waals surface area contributed by atoms with E-state index in [0.717, 1.165) is 13.2 Å². The SMILES string of the molecule is CNC(=O)CC1COc2cc(F)cc(F)c2N1Cc1cc(C)c(OCC(=O)OC)c([N+](=O)[O-])c1. The van der Waals surface area contributed by atoms with Gasteiger partial charge in [0.1, 0.15) is 23.9 Å². The maximum absolute atomic E-state index is 14.8. The van der Waals surface area contributed by atoms with Gasteiger partial charge >= 0.3 is 11.7 Å². The number of nitrogens with one attached hydrogen (secondary N) is 1. The summed E-state index contributed by atoms with van der Waals surface area (Å²) < 4.78 is 43.8. The molecule has 1 aliphatic rings. The van der Waals surface area contributed by atoms with Crippen LogP contribution in [0.4, 0.5) is 20.2 Å². The fraction of sp³-hybridized carbons (Fsp3) is 0.364. The number of rotatable bonds is 8. The first-order valence-electron chi connectivity index (χ1n) is 10.2. The predicted octanol–water partition coefficient (Wildman–Crippen LogP) is 2.64. The van der Waals surface area contributed by atoms with Crippen LogP contribution in [0, 0.1) is 28.7 Å². The van der Waals surface area contributed by atoms with Gasteiger partial charge in [0, 0.05) is 31.8 Å². The molecule has 0 aliphatic carbocycles. The Labute approximate surface area is 193 Å². The second-order valence-electron chi connectivity index (χ2n) is 7.59. The molecule has 1 heterocycles. The molecule has 1 amide bonds. The van der Waals surface area contributed by atoms with Crippen molar-refractivity contribution in [1.29, 1.82) is 0 Å². The van der Waals surface area contributed by atoms with Gasteiger partial charge in [-0.25, -0.2) is 13.6 Å². The van der Waals surface area contributed by atoms with E-state index in [1.807, 2.05) is 0 Å². The molecular formula is C22H23F2N3O7. The highest BCUT2D eigenvalue weighted by atomic mass is 19.1. The summed E-state index contributed by atoms with van der Waals surface area (Å²) in [6.07, 6.45) is -0.0475. The van der Waals surface area contributed by atoms with E-state index in [9.17, 15) is 28.5 Å². The van der Waals surface area contributed by atoms with Gasteiger partial charge in [0.05, 0.1) is 24.5 Å². The number of halogens is 2. The summed E-state index contributed by atoms with van der Waals surface area (Å²) >= 11 is 0. The number of nitrogens with zero attached hydrogens (tertiary/aromatic N) is 2. The van der Waals surface area contributed by atoms with Gasteiger partial charge in [-0.2, -0.15) is 0 Å². The number of hydrogen-bond donors (Lipinski definition) is 1. The molecule has 0 radical (unpaired) electrons. The summed E-state index contributed by atoms with van der Waals surface area (Å²) in [6.45, 7) is 0.984. The highest BCUT2D eigenvalue weighted by molar-refractivity contribution is 5.77. The van der Waals surface area contributed by atoms with Crippen molar-refractivity contribution in [1.82, 2.24) is 5.32 Å². The number of ether oxygens (including phenoxy) is 3. The second-order valence-corrected chi connectivity index (χ2v) is 7.59. The Morgan fingerprint density at radius 1 is 1.29 bits per heavy atom. The third kappa shape index (κ3) is 5.33. The lowest BCUT2D eigenvalue weighted by Crippen LogP contribution is -2.45. The molecule has 34 heavy (non-hydrogen) atoms. The smallest absolute Gasteiger partial charge is 0.343 e. The van der Waals surface area contributed by atoms with E-state index in [0.29, 0.717) is 17.2 Å². The molecule has 12 heteroatoms. The number of nitro benzene ring substituents is 1. The molecule has 10 nitrogen and oxygen atoms in total. The number of esters is 1. The van der Waals surface area contributed by atoms with Crippen molar-refractivity contribution in [2.45, 2.75) is 25.9 Å². The molecular weight excluding hydrogens is 456 g/mol. The molecule has 0 saturated heterocycles. The van der Waals surface area contributed by atoms with Gasteiger partial charge in [-0.15, -0.1) is 0 Å². The zero-order chi connectivity index (χ0) is 25.0. The first kappa shape index (κ1) is 24.7. The summed E-state index contributed by atoms with van der Waals surface area (Å²) in [7, 11) is 2.62. The van der Waals surface area contributed by atoms with Crippen LogP contribution in [-0.4, -0.2) is 50.2 Å². The quantitative estimate of drug-likeness (QED) is 0.349. The van der Waals surface area contributed by atoms with E-state index in [1.54, 1.807) is 13.0 Å². The number of anilines is 1. The lowest BCUT2D eigenvalue weighted by Gasteiger charge is -2.38. The van der Waals surface area contributed by atoms with E-state index < -0.39 is 40.9 Å². The molecule has 1 atom stereocenters. The van der Waals surface area contributed by atoms with Crippen molar-refractivity contribution in [3.63, 3.8) is 0 Å². The summed E-state index contributed by atoms with van der Waals surface area (Å²) in [4.78, 5) is 36.0. The Balaban J connectivity index is 2.01. The van der Waals surface area contributed by atoms with Gasteiger partial charge in [-0.1, -0.05) is 6.07 Å². The summed E-state index contributed by atoms with van der Waals surface area (Å²) in [5, 5.41) is 14.2. The van der Waals surface area contributed by atoms with Crippen LogP contribution >= 0.6 is 0 Å². The minimum atomic E-state index is -0.888. The van der Waals surface area contributed by atoms with Crippen molar-refractivity contribution in [2.75, 3.05) is 32.3 Å². The number of hydrogen-bond acceptors (Lipinski definition) is 8. The highest BCUT2D eigenvalue weighted by Gasteiger charge is 2.33. The van der Waals surface area contributed by atoms with Gasteiger partial charge in [0.25, 0.3) is 0 Å². The Kier molecular flexibility index (Phi) is 7.49. The number of methoxy groups -OCH3 is 1. The van der Waals surface area contributed by atoms with Crippen LogP contribution in [0.3, 0.4) is 0 Å². The first-order valence-corrected chi connectivity index (χ1v) is 10.2. The van der Waals surface area contributed by atoms with Gasteiger partial charge < -0.3 is 24.4 Å². The molecule has 182 valence electrons. The van der Waals surface area contributed by atoms with Gasteiger partial charge in [-0.3, -0.25) is 14.9 Å². The number of carbonyl (C=O) groups excluding carboxylic acids is 2. The predicted molar refractivity (Wildman–Crippen MR) is 116 cm³/mol. The molecule has 2 aromatic rings. The summed E-state index contributed by atoms with van der Waals surface area (Å²) in [5.41, 5.74) is 0.333. The minimum absolute atomic E-state index is 0.0231. The molecule has 0 fully saturated rings. The Bertz CT molecular complexity index is 1130. The molecule has 3 rings (SSSR count). The molecule has 1 unspecified atom stereocenters. The normalized spacial score (nSPS) is 14.6. The zero-order valence-electron chi connectivity index (χ0n) is 18.7. The minimum Gasteiger partial charge on any atom is -0.489 e. The average Bonchev–Trinajstić information content (AvgIpc) is 2.78. The molecule has 0 spiro atoms. The fourth-order valence-corrected chi connectivity index (χ4v) is 3.71. The van der Waals surface area contributed by atoms with Crippen LogP contribution in [0.25, 0.3) is 0 Å². The zero-order valence-corrected chi connectivity index (χ0v) is 18.7. The van der Waals surface area contributed by atoms with E-state index >= 15 is 0 Å². The van der Waals surface area contributed by atoms with Gasteiger partial charge in [0.15, 0.2) is 12.4 Å². The first-order chi connectivity index (χ1) is 16.1. The lowest BCUT2D eigenvalue weighted by atomic mass is 10.0. The van der Waals surface area contributed by atoms with Crippen molar-refractivity contribution >= 4 is 23.3 Å². The molecule has 2 aromatic carbocycles. The van der Waals surface area contributed by atoms with E-state index in [1.165, 1.54) is 18.0 Å². The van der Waals surface area contributed by atoms with Crippen LogP contribution in [0.1, 0.15) is 17.5 Å². The summed E-state index contributed by atoms with van der Waals surface area (Å²) in [6, 6.07) is 3.95. The standard InChI is InChI=1S/C22H23F2N3O7/c1-12-4-13(5-17(27(30)31)22(12)34-11-20(29)32-3)9-26-15(8-19(28)25-2)10-33-18-7-14(23)6-16(24)21(18)26/h4-7,15H,8-11H2,1-3H3,(H,25,28). The van der Waals surface area contributed by atoms with Gasteiger partial charge in [-0.05, 0) is 18.1 Å². The molecule has 1 aliphatic heterocycles. The fourth-order valence-electron chi connectivity index (χ4n) is 3.71. The van der Waals surface area contributed by atoms with Crippen LogP contribution in [0.5, 0.6) is 11.5 Å². The van der Waals surface area contributed by atoms with E-state index in [-0.39, 0.29) is 42.7 Å². The van der Waals surface area contributed by atoms with E-state index in [2.05, 4.69) is 10.1 Å². The molecule has 0 aromatic heterocycles. The van der Waals surface area contributed by atoms with Gasteiger partial charge in [0.2, 0.25) is 11.7 Å². The largest absolute Gasteiger partial charge is 0.489 e. The average molecular weight is 479 g/mol.